The topological polar surface area (TPSA) is 44.7 Å². The molecule has 0 unspecified atom stereocenters. The Bertz CT molecular complexity index is 898. The zero-order valence-corrected chi connectivity index (χ0v) is 14.4. The van der Waals surface area contributed by atoms with Gasteiger partial charge in [-0.05, 0) is 29.8 Å². The fourth-order valence-corrected chi connectivity index (χ4v) is 2.77. The number of rotatable bonds is 5. The van der Waals surface area contributed by atoms with Crippen LogP contribution in [-0.4, -0.2) is 25.2 Å². The highest BCUT2D eigenvalue weighted by molar-refractivity contribution is 6.09. The fourth-order valence-electron chi connectivity index (χ4n) is 2.77. The highest BCUT2D eigenvalue weighted by atomic mass is 16.2. The Morgan fingerprint density at radius 3 is 2.44 bits per heavy atom. The van der Waals surface area contributed by atoms with Crippen molar-refractivity contribution < 1.29 is 4.79 Å². The van der Waals surface area contributed by atoms with Gasteiger partial charge < -0.3 is 4.90 Å². The Morgan fingerprint density at radius 1 is 0.960 bits per heavy atom. The van der Waals surface area contributed by atoms with Gasteiger partial charge in [-0.15, -0.1) is 0 Å². The van der Waals surface area contributed by atoms with E-state index in [1.54, 1.807) is 0 Å². The number of likely N-dealkylation sites (N-methyl/N-ethyl adjacent to an activating group) is 1. The summed E-state index contributed by atoms with van der Waals surface area (Å²) >= 11 is 0. The Kier molecular flexibility index (Phi) is 5.09. The van der Waals surface area contributed by atoms with Crippen LogP contribution < -0.4 is 10.3 Å². The van der Waals surface area contributed by atoms with E-state index >= 15 is 0 Å². The van der Waals surface area contributed by atoms with Crippen LogP contribution >= 0.6 is 0 Å². The van der Waals surface area contributed by atoms with Gasteiger partial charge in [-0.25, -0.2) is 5.43 Å². The molecule has 3 aromatic carbocycles. The number of benzene rings is 3. The molecule has 126 valence electrons. The van der Waals surface area contributed by atoms with Crippen LogP contribution in [0.15, 0.2) is 77.9 Å². The molecule has 0 heterocycles. The molecule has 0 aromatic heterocycles. The third-order valence-electron chi connectivity index (χ3n) is 4.11. The highest BCUT2D eigenvalue weighted by Crippen LogP contribution is 2.19. The van der Waals surface area contributed by atoms with Crippen LogP contribution in [0.25, 0.3) is 10.8 Å². The van der Waals surface area contributed by atoms with Gasteiger partial charge in [0.1, 0.15) is 0 Å². The molecule has 0 saturated carbocycles. The molecule has 4 heteroatoms. The van der Waals surface area contributed by atoms with Gasteiger partial charge in [0.15, 0.2) is 0 Å². The third kappa shape index (κ3) is 4.04. The van der Waals surface area contributed by atoms with E-state index in [0.717, 1.165) is 27.7 Å². The van der Waals surface area contributed by atoms with Crippen molar-refractivity contribution in [3.63, 3.8) is 0 Å². The number of carbonyl (C=O) groups excluding carboxylic acids is 1. The summed E-state index contributed by atoms with van der Waals surface area (Å²) in [5.41, 5.74) is 5.45. The average molecular weight is 331 g/mol. The summed E-state index contributed by atoms with van der Waals surface area (Å²) in [5.74, 6) is -0.147. The predicted octanol–water partition coefficient (Wildman–Crippen LogP) is 3.82. The van der Waals surface area contributed by atoms with Crippen LogP contribution in [0.4, 0.5) is 5.69 Å². The van der Waals surface area contributed by atoms with E-state index in [-0.39, 0.29) is 12.5 Å². The second-order valence-electron chi connectivity index (χ2n) is 5.95. The largest absolute Gasteiger partial charge is 0.365 e. The van der Waals surface area contributed by atoms with E-state index in [9.17, 15) is 4.79 Å². The minimum atomic E-state index is -0.147. The van der Waals surface area contributed by atoms with E-state index in [0.29, 0.717) is 0 Å². The van der Waals surface area contributed by atoms with Crippen molar-refractivity contribution in [3.05, 3.63) is 78.4 Å². The lowest BCUT2D eigenvalue weighted by molar-refractivity contribution is -0.119. The zero-order chi connectivity index (χ0) is 17.6. The Balaban J connectivity index is 1.69. The average Bonchev–Trinajstić information content (AvgIpc) is 2.66. The number of amides is 1. The van der Waals surface area contributed by atoms with Crippen molar-refractivity contribution in [1.82, 2.24) is 5.43 Å². The SMILES string of the molecule is C/C(=N\NC(=O)CN(C)c1ccccc1)c1cccc2ccccc12. The van der Waals surface area contributed by atoms with Crippen LogP contribution in [0.2, 0.25) is 0 Å². The summed E-state index contributed by atoms with van der Waals surface area (Å²) in [6.07, 6.45) is 0. The van der Waals surface area contributed by atoms with Gasteiger partial charge >= 0.3 is 0 Å². The molecule has 0 spiro atoms. The molecule has 3 rings (SSSR count). The van der Waals surface area contributed by atoms with E-state index in [4.69, 9.17) is 0 Å². The number of carbonyl (C=O) groups is 1. The quantitative estimate of drug-likeness (QED) is 0.571. The van der Waals surface area contributed by atoms with Crippen LogP contribution in [0.3, 0.4) is 0 Å². The number of hydrogen-bond donors (Lipinski definition) is 1. The van der Waals surface area contributed by atoms with Gasteiger partial charge in [-0.2, -0.15) is 5.10 Å². The third-order valence-corrected chi connectivity index (χ3v) is 4.11. The summed E-state index contributed by atoms with van der Waals surface area (Å²) in [6.45, 7) is 2.15. The normalized spacial score (nSPS) is 11.4. The van der Waals surface area contributed by atoms with E-state index in [1.807, 2.05) is 73.5 Å². The Hall–Kier alpha value is -3.14. The molecular formula is C21H21N3O. The Labute approximate surface area is 147 Å². The molecular weight excluding hydrogens is 310 g/mol. The monoisotopic (exact) mass is 331 g/mol. The number of anilines is 1. The molecule has 0 aliphatic rings. The lowest BCUT2D eigenvalue weighted by Gasteiger charge is -2.17. The molecule has 0 radical (unpaired) electrons. The molecule has 25 heavy (non-hydrogen) atoms. The summed E-state index contributed by atoms with van der Waals surface area (Å²) in [5, 5.41) is 6.57. The number of hydrazone groups is 1. The van der Waals surface area contributed by atoms with E-state index in [2.05, 4.69) is 28.7 Å². The lowest BCUT2D eigenvalue weighted by Crippen LogP contribution is -2.33. The van der Waals surface area contributed by atoms with Gasteiger partial charge in [0.05, 0.1) is 12.3 Å². The van der Waals surface area contributed by atoms with Crippen LogP contribution in [-0.2, 0) is 4.79 Å². The first-order valence-corrected chi connectivity index (χ1v) is 8.22. The van der Waals surface area contributed by atoms with Crippen molar-refractivity contribution in [2.75, 3.05) is 18.5 Å². The molecule has 0 aliphatic carbocycles. The number of para-hydroxylation sites is 1. The predicted molar refractivity (Wildman–Crippen MR) is 104 cm³/mol. The van der Waals surface area contributed by atoms with Crippen molar-refractivity contribution >= 4 is 28.1 Å². The van der Waals surface area contributed by atoms with E-state index < -0.39 is 0 Å². The molecule has 0 fully saturated rings. The molecule has 0 bridgehead atoms. The molecule has 1 N–H and O–H groups in total. The second kappa shape index (κ2) is 7.62. The summed E-state index contributed by atoms with van der Waals surface area (Å²) in [6, 6.07) is 24.0. The molecule has 4 nitrogen and oxygen atoms in total. The smallest absolute Gasteiger partial charge is 0.259 e. The fraction of sp³-hybridized carbons (Fsp3) is 0.143. The molecule has 0 aliphatic heterocycles. The summed E-state index contributed by atoms with van der Waals surface area (Å²) in [7, 11) is 1.89. The summed E-state index contributed by atoms with van der Waals surface area (Å²) in [4.78, 5) is 14.1. The summed E-state index contributed by atoms with van der Waals surface area (Å²) < 4.78 is 0. The first kappa shape index (κ1) is 16.7. The lowest BCUT2D eigenvalue weighted by atomic mass is 10.0. The van der Waals surface area contributed by atoms with Crippen molar-refractivity contribution in [2.45, 2.75) is 6.92 Å². The van der Waals surface area contributed by atoms with Crippen molar-refractivity contribution in [2.24, 2.45) is 5.10 Å². The first-order valence-electron chi connectivity index (χ1n) is 8.22. The van der Waals surface area contributed by atoms with Gasteiger partial charge in [-0.1, -0.05) is 60.7 Å². The highest BCUT2D eigenvalue weighted by Gasteiger charge is 2.08. The minimum Gasteiger partial charge on any atom is -0.365 e. The van der Waals surface area contributed by atoms with Crippen molar-refractivity contribution in [3.8, 4) is 0 Å². The maximum absolute atomic E-state index is 12.2. The zero-order valence-electron chi connectivity index (χ0n) is 14.4. The standard InChI is InChI=1S/C21H21N3O/c1-16(19-14-8-10-17-9-6-7-13-20(17)19)22-23-21(25)15-24(2)18-11-4-3-5-12-18/h3-14H,15H2,1-2H3,(H,23,25)/b22-16+. The maximum Gasteiger partial charge on any atom is 0.259 e. The minimum absolute atomic E-state index is 0.147. The maximum atomic E-state index is 12.2. The second-order valence-corrected chi connectivity index (χ2v) is 5.95. The van der Waals surface area contributed by atoms with Crippen LogP contribution in [0, 0.1) is 0 Å². The number of fused-ring (bicyclic) bond motifs is 1. The van der Waals surface area contributed by atoms with Gasteiger partial charge in [0.25, 0.3) is 5.91 Å². The van der Waals surface area contributed by atoms with Gasteiger partial charge in [0.2, 0.25) is 0 Å². The number of hydrogen-bond acceptors (Lipinski definition) is 3. The number of nitrogens with zero attached hydrogens (tertiary/aromatic N) is 2. The molecule has 1 amide bonds. The first-order chi connectivity index (χ1) is 12.1. The van der Waals surface area contributed by atoms with Gasteiger partial charge in [-0.3, -0.25) is 4.79 Å². The molecule has 3 aromatic rings. The Morgan fingerprint density at radius 2 is 1.64 bits per heavy atom. The number of nitrogens with one attached hydrogen (secondary N) is 1. The molecule has 0 saturated heterocycles. The van der Waals surface area contributed by atoms with Crippen LogP contribution in [0.1, 0.15) is 12.5 Å². The van der Waals surface area contributed by atoms with Gasteiger partial charge in [0, 0.05) is 18.3 Å². The molecule has 0 atom stereocenters. The van der Waals surface area contributed by atoms with Crippen molar-refractivity contribution in [1.29, 1.82) is 0 Å². The van der Waals surface area contributed by atoms with E-state index in [1.165, 1.54) is 0 Å². The van der Waals surface area contributed by atoms with Crippen LogP contribution in [0.5, 0.6) is 0 Å².